The van der Waals surface area contributed by atoms with Crippen LogP contribution in [0, 0.1) is 0 Å². The third kappa shape index (κ3) is 6.85. The van der Waals surface area contributed by atoms with Crippen LogP contribution in [0.4, 0.5) is 16.2 Å². The standard InChI is InChI=1S/C27H24ClN3O4S/c28-21-8-7-9-22(20-21)30-27(32)31(19-18-29-36(33,34)26-12-5-2-6-13-26)23-14-16-25(17-15-23)35-24-10-3-1-4-11-24/h1-17,20,29H,18-19H2,(H,30,32). The molecule has 9 heteroatoms. The van der Waals surface area contributed by atoms with Gasteiger partial charge >= 0.3 is 6.03 Å². The Bertz CT molecular complexity index is 1400. The third-order valence-corrected chi connectivity index (χ3v) is 6.84. The summed E-state index contributed by atoms with van der Waals surface area (Å²) in [6, 6.07) is 30.7. The number of benzene rings is 4. The highest BCUT2D eigenvalue weighted by molar-refractivity contribution is 7.89. The number of halogens is 1. The fraction of sp³-hybridized carbons (Fsp3) is 0.0741. The first-order valence-corrected chi connectivity index (χ1v) is 13.0. The van der Waals surface area contributed by atoms with Crippen LogP contribution in [0.2, 0.25) is 5.02 Å². The lowest BCUT2D eigenvalue weighted by Crippen LogP contribution is -2.41. The Hall–Kier alpha value is -3.85. The molecule has 4 aromatic carbocycles. The van der Waals surface area contributed by atoms with E-state index in [2.05, 4.69) is 10.0 Å². The molecule has 0 fully saturated rings. The number of sulfonamides is 1. The number of carbonyl (C=O) groups excluding carboxylic acids is 1. The maximum absolute atomic E-state index is 13.2. The lowest BCUT2D eigenvalue weighted by atomic mass is 10.2. The van der Waals surface area contributed by atoms with Crippen molar-refractivity contribution in [1.29, 1.82) is 0 Å². The molecule has 4 aromatic rings. The molecule has 0 bridgehead atoms. The van der Waals surface area contributed by atoms with E-state index >= 15 is 0 Å². The summed E-state index contributed by atoms with van der Waals surface area (Å²) >= 11 is 6.05. The summed E-state index contributed by atoms with van der Waals surface area (Å²) in [6.45, 7) is 0.0831. The summed E-state index contributed by atoms with van der Waals surface area (Å²) in [5, 5.41) is 3.29. The Kier molecular flexibility index (Phi) is 8.22. The van der Waals surface area contributed by atoms with E-state index in [4.69, 9.17) is 16.3 Å². The molecule has 184 valence electrons. The molecule has 0 aliphatic carbocycles. The molecule has 0 aliphatic heterocycles. The van der Waals surface area contributed by atoms with Crippen molar-refractivity contribution in [3.8, 4) is 11.5 Å². The van der Waals surface area contributed by atoms with Crippen molar-refractivity contribution >= 4 is 39.0 Å². The monoisotopic (exact) mass is 521 g/mol. The zero-order chi connectivity index (χ0) is 25.4. The van der Waals surface area contributed by atoms with Crippen LogP contribution in [0.3, 0.4) is 0 Å². The van der Waals surface area contributed by atoms with Gasteiger partial charge in [0.25, 0.3) is 0 Å². The maximum Gasteiger partial charge on any atom is 0.326 e. The van der Waals surface area contributed by atoms with Gasteiger partial charge in [-0.2, -0.15) is 0 Å². The van der Waals surface area contributed by atoms with Gasteiger partial charge in [-0.1, -0.05) is 54.1 Å². The summed E-state index contributed by atoms with van der Waals surface area (Å²) in [7, 11) is -3.72. The molecular weight excluding hydrogens is 498 g/mol. The molecule has 2 N–H and O–H groups in total. The van der Waals surface area contributed by atoms with Gasteiger partial charge in [-0.3, -0.25) is 4.90 Å². The van der Waals surface area contributed by atoms with E-state index in [9.17, 15) is 13.2 Å². The minimum absolute atomic E-state index is 0.00244. The fourth-order valence-electron chi connectivity index (χ4n) is 3.40. The van der Waals surface area contributed by atoms with Gasteiger partial charge in [-0.25, -0.2) is 17.9 Å². The molecule has 0 saturated carbocycles. The number of amides is 2. The van der Waals surface area contributed by atoms with E-state index in [-0.39, 0.29) is 18.0 Å². The van der Waals surface area contributed by atoms with Crippen molar-refractivity contribution in [2.75, 3.05) is 23.3 Å². The molecule has 0 radical (unpaired) electrons. The highest BCUT2D eigenvalue weighted by Crippen LogP contribution is 2.25. The summed E-state index contributed by atoms with van der Waals surface area (Å²) in [6.07, 6.45) is 0. The number of rotatable bonds is 9. The van der Waals surface area contributed by atoms with Crippen LogP contribution in [0.1, 0.15) is 0 Å². The van der Waals surface area contributed by atoms with Crippen LogP contribution in [0.25, 0.3) is 0 Å². The normalized spacial score (nSPS) is 11.0. The summed E-state index contributed by atoms with van der Waals surface area (Å²) < 4.78 is 33.6. The van der Waals surface area contributed by atoms with Gasteiger partial charge in [0.15, 0.2) is 0 Å². The first-order valence-electron chi connectivity index (χ1n) is 11.1. The molecule has 4 rings (SSSR count). The molecule has 0 atom stereocenters. The number of hydrogen-bond donors (Lipinski definition) is 2. The Morgan fingerprint density at radius 1 is 0.806 bits per heavy atom. The molecule has 0 unspecified atom stereocenters. The van der Waals surface area contributed by atoms with E-state index in [0.717, 1.165) is 0 Å². The second kappa shape index (κ2) is 11.7. The number of nitrogens with zero attached hydrogens (tertiary/aromatic N) is 1. The van der Waals surface area contributed by atoms with Gasteiger partial charge in [0.05, 0.1) is 4.90 Å². The average molecular weight is 522 g/mol. The van der Waals surface area contributed by atoms with Gasteiger partial charge in [0.1, 0.15) is 11.5 Å². The van der Waals surface area contributed by atoms with E-state index in [1.165, 1.54) is 17.0 Å². The number of para-hydroxylation sites is 1. The molecule has 0 spiro atoms. The smallest absolute Gasteiger partial charge is 0.326 e. The minimum atomic E-state index is -3.72. The molecule has 2 amide bonds. The van der Waals surface area contributed by atoms with Crippen molar-refractivity contribution in [3.05, 3.63) is 114 Å². The van der Waals surface area contributed by atoms with Crippen LogP contribution in [-0.4, -0.2) is 27.5 Å². The van der Waals surface area contributed by atoms with Crippen molar-refractivity contribution in [2.24, 2.45) is 0 Å². The van der Waals surface area contributed by atoms with Crippen LogP contribution in [0.15, 0.2) is 114 Å². The largest absolute Gasteiger partial charge is 0.457 e. The van der Waals surface area contributed by atoms with Crippen molar-refractivity contribution in [1.82, 2.24) is 4.72 Å². The van der Waals surface area contributed by atoms with Crippen LogP contribution in [0.5, 0.6) is 11.5 Å². The van der Waals surface area contributed by atoms with E-state index in [1.54, 1.807) is 66.7 Å². The van der Waals surface area contributed by atoms with Crippen molar-refractivity contribution in [3.63, 3.8) is 0 Å². The second-order valence-electron chi connectivity index (χ2n) is 7.71. The minimum Gasteiger partial charge on any atom is -0.457 e. The van der Waals surface area contributed by atoms with E-state index in [1.807, 2.05) is 30.3 Å². The molecule has 0 saturated heterocycles. The SMILES string of the molecule is O=C(Nc1cccc(Cl)c1)N(CCNS(=O)(=O)c1ccccc1)c1ccc(Oc2ccccc2)cc1. The van der Waals surface area contributed by atoms with Gasteiger partial charge in [-0.05, 0) is 66.7 Å². The summed E-state index contributed by atoms with van der Waals surface area (Å²) in [5.41, 5.74) is 1.08. The molecule has 0 aromatic heterocycles. The van der Waals surface area contributed by atoms with Gasteiger partial charge in [0.2, 0.25) is 10.0 Å². The predicted molar refractivity (Wildman–Crippen MR) is 142 cm³/mol. The number of hydrogen-bond acceptors (Lipinski definition) is 4. The lowest BCUT2D eigenvalue weighted by Gasteiger charge is -2.24. The Morgan fingerprint density at radius 3 is 2.11 bits per heavy atom. The second-order valence-corrected chi connectivity index (χ2v) is 9.92. The quantitative estimate of drug-likeness (QED) is 0.276. The number of anilines is 2. The first kappa shape index (κ1) is 25.2. The highest BCUT2D eigenvalue weighted by Gasteiger charge is 2.19. The lowest BCUT2D eigenvalue weighted by molar-refractivity contribution is 0.257. The van der Waals surface area contributed by atoms with Gasteiger partial charge in [-0.15, -0.1) is 0 Å². The Morgan fingerprint density at radius 2 is 1.44 bits per heavy atom. The Balaban J connectivity index is 1.50. The molecule has 7 nitrogen and oxygen atoms in total. The fourth-order valence-corrected chi connectivity index (χ4v) is 4.63. The van der Waals surface area contributed by atoms with Crippen molar-refractivity contribution < 1.29 is 17.9 Å². The molecule has 0 aliphatic rings. The van der Waals surface area contributed by atoms with Gasteiger partial charge < -0.3 is 10.1 Å². The third-order valence-electron chi connectivity index (χ3n) is 5.13. The number of urea groups is 1. The maximum atomic E-state index is 13.2. The zero-order valence-corrected chi connectivity index (χ0v) is 20.7. The van der Waals surface area contributed by atoms with Crippen LogP contribution in [-0.2, 0) is 10.0 Å². The van der Waals surface area contributed by atoms with Crippen LogP contribution < -0.4 is 19.7 Å². The predicted octanol–water partition coefficient (Wildman–Crippen LogP) is 6.15. The number of ether oxygens (including phenoxy) is 1. The van der Waals surface area contributed by atoms with Gasteiger partial charge in [0, 0.05) is 29.5 Å². The topological polar surface area (TPSA) is 87.7 Å². The number of carbonyl (C=O) groups is 1. The molecule has 0 heterocycles. The van der Waals surface area contributed by atoms with E-state index < -0.39 is 16.1 Å². The average Bonchev–Trinajstić information content (AvgIpc) is 2.88. The zero-order valence-electron chi connectivity index (χ0n) is 19.2. The summed E-state index contributed by atoms with van der Waals surface area (Å²) in [4.78, 5) is 14.8. The first-order chi connectivity index (χ1) is 17.4. The number of nitrogens with one attached hydrogen (secondary N) is 2. The molecular formula is C27H24ClN3O4S. The Labute approximate surface area is 215 Å². The van der Waals surface area contributed by atoms with Crippen LogP contribution >= 0.6 is 11.6 Å². The highest BCUT2D eigenvalue weighted by atomic mass is 35.5. The van der Waals surface area contributed by atoms with Crippen molar-refractivity contribution in [2.45, 2.75) is 4.90 Å². The summed E-state index contributed by atoms with van der Waals surface area (Å²) in [5.74, 6) is 1.29. The van der Waals surface area contributed by atoms with E-state index in [0.29, 0.717) is 27.9 Å². The molecule has 36 heavy (non-hydrogen) atoms.